The zero-order valence-electron chi connectivity index (χ0n) is 11.0. The number of nitrogens with one attached hydrogen (secondary N) is 1. The second-order valence-electron chi connectivity index (χ2n) is 4.50. The van der Waals surface area contributed by atoms with Gasteiger partial charge >= 0.3 is 6.18 Å². The summed E-state index contributed by atoms with van der Waals surface area (Å²) in [6, 6.07) is 8.96. The highest BCUT2D eigenvalue weighted by Gasteiger charge is 2.30. The fourth-order valence-corrected chi connectivity index (χ4v) is 1.84. The molecule has 21 heavy (non-hydrogen) atoms. The Morgan fingerprint density at radius 3 is 2.38 bits per heavy atom. The third-order valence-corrected chi connectivity index (χ3v) is 2.95. The van der Waals surface area contributed by atoms with Crippen LogP contribution < -0.4 is 5.32 Å². The molecule has 0 aliphatic rings. The fourth-order valence-electron chi connectivity index (χ4n) is 1.84. The van der Waals surface area contributed by atoms with Crippen molar-refractivity contribution in [2.45, 2.75) is 13.1 Å². The van der Waals surface area contributed by atoms with Gasteiger partial charge in [-0.2, -0.15) is 13.2 Å². The molecule has 0 aliphatic heterocycles. The summed E-state index contributed by atoms with van der Waals surface area (Å²) < 4.78 is 37.7. The third-order valence-electron chi connectivity index (χ3n) is 2.95. The molecule has 0 fully saturated rings. The van der Waals surface area contributed by atoms with Gasteiger partial charge in [-0.1, -0.05) is 12.1 Å². The van der Waals surface area contributed by atoms with Crippen LogP contribution in [-0.4, -0.2) is 11.0 Å². The molecule has 0 atom stereocenters. The highest BCUT2D eigenvalue weighted by molar-refractivity contribution is 6.06. The van der Waals surface area contributed by atoms with Gasteiger partial charge in [0.15, 0.2) is 0 Å². The van der Waals surface area contributed by atoms with E-state index in [9.17, 15) is 23.1 Å². The third kappa shape index (κ3) is 3.34. The number of benzene rings is 2. The molecule has 0 spiro atoms. The van der Waals surface area contributed by atoms with E-state index in [1.54, 1.807) is 12.1 Å². The van der Waals surface area contributed by atoms with Gasteiger partial charge in [-0.05, 0) is 42.8 Å². The smallest absolute Gasteiger partial charge is 0.416 e. The van der Waals surface area contributed by atoms with Gasteiger partial charge in [-0.3, -0.25) is 4.79 Å². The van der Waals surface area contributed by atoms with Crippen LogP contribution in [0.1, 0.15) is 21.5 Å². The molecule has 2 N–H and O–H groups in total. The average Bonchev–Trinajstić information content (AvgIpc) is 2.40. The first kappa shape index (κ1) is 14.9. The SMILES string of the molecule is Cc1cc(C(F)(F)F)ccc1NC(=O)c1ccccc1O. The van der Waals surface area contributed by atoms with Crippen LogP contribution in [0.4, 0.5) is 18.9 Å². The number of hydrogen-bond acceptors (Lipinski definition) is 2. The first-order valence-electron chi connectivity index (χ1n) is 6.06. The van der Waals surface area contributed by atoms with E-state index in [4.69, 9.17) is 0 Å². The largest absolute Gasteiger partial charge is 0.507 e. The lowest BCUT2D eigenvalue weighted by atomic mass is 10.1. The van der Waals surface area contributed by atoms with Gasteiger partial charge in [0.2, 0.25) is 0 Å². The van der Waals surface area contributed by atoms with Crippen LogP contribution in [0.2, 0.25) is 0 Å². The van der Waals surface area contributed by atoms with Crippen molar-refractivity contribution in [3.8, 4) is 5.75 Å². The highest BCUT2D eigenvalue weighted by Crippen LogP contribution is 2.31. The lowest BCUT2D eigenvalue weighted by Gasteiger charge is -2.12. The number of carbonyl (C=O) groups excluding carboxylic acids is 1. The minimum absolute atomic E-state index is 0.0526. The number of aromatic hydroxyl groups is 1. The van der Waals surface area contributed by atoms with Crippen molar-refractivity contribution in [2.75, 3.05) is 5.32 Å². The van der Waals surface area contributed by atoms with E-state index >= 15 is 0 Å². The Kier molecular flexibility index (Phi) is 3.88. The Morgan fingerprint density at radius 2 is 1.81 bits per heavy atom. The number of alkyl halides is 3. The minimum atomic E-state index is -4.43. The first-order chi connectivity index (χ1) is 9.79. The second kappa shape index (κ2) is 5.47. The Balaban J connectivity index is 2.25. The van der Waals surface area contributed by atoms with Crippen molar-refractivity contribution in [3.63, 3.8) is 0 Å². The normalized spacial score (nSPS) is 11.2. The van der Waals surface area contributed by atoms with E-state index in [1.807, 2.05) is 0 Å². The van der Waals surface area contributed by atoms with Crippen molar-refractivity contribution < 1.29 is 23.1 Å². The van der Waals surface area contributed by atoms with Gasteiger partial charge in [0.25, 0.3) is 5.91 Å². The molecule has 2 aromatic carbocycles. The van der Waals surface area contributed by atoms with Gasteiger partial charge in [0.05, 0.1) is 11.1 Å². The highest BCUT2D eigenvalue weighted by atomic mass is 19.4. The first-order valence-corrected chi connectivity index (χ1v) is 6.06. The number of phenols is 1. The molecule has 1 amide bonds. The van der Waals surface area contributed by atoms with Crippen LogP contribution in [0.5, 0.6) is 5.75 Å². The van der Waals surface area contributed by atoms with Crippen molar-refractivity contribution in [1.29, 1.82) is 0 Å². The maximum atomic E-state index is 12.6. The molecule has 0 bridgehead atoms. The van der Waals surface area contributed by atoms with Crippen molar-refractivity contribution in [2.24, 2.45) is 0 Å². The molecule has 3 nitrogen and oxygen atoms in total. The fraction of sp³-hybridized carbons (Fsp3) is 0.133. The summed E-state index contributed by atoms with van der Waals surface area (Å²) in [5.41, 5.74) is -0.179. The van der Waals surface area contributed by atoms with Crippen LogP contribution in [-0.2, 0) is 6.18 Å². The Bertz CT molecular complexity index is 681. The number of phenolic OH excluding ortho intramolecular Hbond substituents is 1. The predicted octanol–water partition coefficient (Wildman–Crippen LogP) is 3.97. The summed E-state index contributed by atoms with van der Waals surface area (Å²) in [6.07, 6.45) is -4.43. The molecule has 0 heterocycles. The summed E-state index contributed by atoms with van der Waals surface area (Å²) in [7, 11) is 0. The Hall–Kier alpha value is -2.50. The maximum Gasteiger partial charge on any atom is 0.416 e. The number of halogens is 3. The van der Waals surface area contributed by atoms with E-state index < -0.39 is 17.6 Å². The average molecular weight is 295 g/mol. The van der Waals surface area contributed by atoms with Gasteiger partial charge in [0.1, 0.15) is 5.75 Å². The zero-order chi connectivity index (χ0) is 15.6. The Labute approximate surface area is 119 Å². The molecule has 110 valence electrons. The lowest BCUT2D eigenvalue weighted by molar-refractivity contribution is -0.137. The standard InChI is InChI=1S/C15H12F3NO2/c1-9-8-10(15(16,17)18)6-7-12(9)19-14(21)11-4-2-3-5-13(11)20/h2-8,20H,1H3,(H,19,21). The quantitative estimate of drug-likeness (QED) is 0.880. The number of amides is 1. The van der Waals surface area contributed by atoms with Crippen LogP contribution in [0.25, 0.3) is 0 Å². The van der Waals surface area contributed by atoms with Crippen LogP contribution in [0, 0.1) is 6.92 Å². The molecule has 0 aromatic heterocycles. The molecule has 2 aromatic rings. The number of aryl methyl sites for hydroxylation is 1. The number of rotatable bonds is 2. The molecule has 0 saturated carbocycles. The molecular weight excluding hydrogens is 283 g/mol. The molecule has 2 rings (SSSR count). The van der Waals surface area contributed by atoms with Crippen molar-refractivity contribution in [1.82, 2.24) is 0 Å². The summed E-state index contributed by atoms with van der Waals surface area (Å²) in [5.74, 6) is -0.782. The predicted molar refractivity (Wildman–Crippen MR) is 72.2 cm³/mol. The summed E-state index contributed by atoms with van der Waals surface area (Å²) in [5, 5.41) is 12.0. The lowest BCUT2D eigenvalue weighted by Crippen LogP contribution is -2.13. The van der Waals surface area contributed by atoms with Gasteiger partial charge in [-0.15, -0.1) is 0 Å². The van der Waals surface area contributed by atoms with Crippen LogP contribution in [0.15, 0.2) is 42.5 Å². The topological polar surface area (TPSA) is 49.3 Å². The number of anilines is 1. The van der Waals surface area contributed by atoms with Gasteiger partial charge in [-0.25, -0.2) is 0 Å². The van der Waals surface area contributed by atoms with E-state index in [0.29, 0.717) is 0 Å². The summed E-state index contributed by atoms with van der Waals surface area (Å²) in [4.78, 5) is 12.0. The summed E-state index contributed by atoms with van der Waals surface area (Å²) >= 11 is 0. The second-order valence-corrected chi connectivity index (χ2v) is 4.50. The van der Waals surface area contributed by atoms with E-state index in [1.165, 1.54) is 25.1 Å². The van der Waals surface area contributed by atoms with E-state index in [0.717, 1.165) is 12.1 Å². The van der Waals surface area contributed by atoms with E-state index in [-0.39, 0.29) is 22.6 Å². The minimum Gasteiger partial charge on any atom is -0.507 e. The molecule has 6 heteroatoms. The number of carbonyl (C=O) groups is 1. The van der Waals surface area contributed by atoms with Gasteiger partial charge in [0, 0.05) is 5.69 Å². The maximum absolute atomic E-state index is 12.6. The van der Waals surface area contributed by atoms with Crippen molar-refractivity contribution in [3.05, 3.63) is 59.2 Å². The Morgan fingerprint density at radius 1 is 1.14 bits per heavy atom. The molecule has 0 saturated heterocycles. The molecular formula is C15H12F3NO2. The number of hydrogen-bond donors (Lipinski definition) is 2. The number of para-hydroxylation sites is 1. The summed E-state index contributed by atoms with van der Waals surface area (Å²) in [6.45, 7) is 1.47. The molecule has 0 radical (unpaired) electrons. The van der Waals surface area contributed by atoms with Crippen molar-refractivity contribution >= 4 is 11.6 Å². The van der Waals surface area contributed by atoms with Crippen LogP contribution >= 0.6 is 0 Å². The monoisotopic (exact) mass is 295 g/mol. The van der Waals surface area contributed by atoms with Crippen LogP contribution in [0.3, 0.4) is 0 Å². The van der Waals surface area contributed by atoms with E-state index in [2.05, 4.69) is 5.32 Å². The van der Waals surface area contributed by atoms with Gasteiger partial charge < -0.3 is 10.4 Å². The molecule has 0 unspecified atom stereocenters. The molecule has 0 aliphatic carbocycles. The zero-order valence-corrected chi connectivity index (χ0v) is 11.0.